The van der Waals surface area contributed by atoms with E-state index in [4.69, 9.17) is 10.5 Å². The number of fused-ring (bicyclic) bond motifs is 6. The quantitative estimate of drug-likeness (QED) is 0.309. The molecule has 5 saturated heterocycles. The van der Waals surface area contributed by atoms with Crippen LogP contribution in [0, 0.1) is 18.7 Å². The molecule has 5 aliphatic rings. The van der Waals surface area contributed by atoms with Gasteiger partial charge in [0.15, 0.2) is 5.82 Å². The van der Waals surface area contributed by atoms with Crippen LogP contribution in [0.5, 0.6) is 6.01 Å². The second-order valence-electron chi connectivity index (χ2n) is 13.4. The summed E-state index contributed by atoms with van der Waals surface area (Å²) < 4.78 is 107. The van der Waals surface area contributed by atoms with Crippen LogP contribution in [-0.4, -0.2) is 76.4 Å². The van der Waals surface area contributed by atoms with Crippen molar-refractivity contribution < 1.29 is 35.5 Å². The van der Waals surface area contributed by atoms with Crippen molar-refractivity contribution in [2.24, 2.45) is 5.92 Å². The number of alkyl halides is 4. The number of halogens is 7. The number of nitrogens with zero attached hydrogens (tertiary/aromatic N) is 5. The number of ether oxygens (including phenoxy) is 1. The molecule has 8 rings (SSSR count). The van der Waals surface area contributed by atoms with Crippen LogP contribution in [0.3, 0.4) is 0 Å². The summed E-state index contributed by atoms with van der Waals surface area (Å²) in [7, 11) is 0. The summed E-state index contributed by atoms with van der Waals surface area (Å²) in [6, 6.07) is 3.41. The van der Waals surface area contributed by atoms with Gasteiger partial charge in [0.1, 0.15) is 29.9 Å². The number of hydrogen-bond donors (Lipinski definition) is 2. The molecule has 5 fully saturated rings. The first-order valence-electron chi connectivity index (χ1n) is 15.7. The molecule has 3 N–H and O–H groups in total. The summed E-state index contributed by atoms with van der Waals surface area (Å²) >= 11 is 0. The molecule has 0 radical (unpaired) electrons. The zero-order valence-corrected chi connectivity index (χ0v) is 25.6. The third-order valence-corrected chi connectivity index (χ3v) is 10.1. The molecule has 4 atom stereocenters. The number of benzene rings is 1. The van der Waals surface area contributed by atoms with E-state index in [0.29, 0.717) is 38.9 Å². The molecule has 2 aromatic heterocycles. The molecule has 0 amide bonds. The molecule has 15 heteroatoms. The number of nitrogens with two attached hydrogens (primary N) is 1. The van der Waals surface area contributed by atoms with Gasteiger partial charge < -0.3 is 20.7 Å². The van der Waals surface area contributed by atoms with Crippen LogP contribution in [0.2, 0.25) is 0 Å². The molecular weight excluding hydrogens is 631 g/mol. The Kier molecular flexibility index (Phi) is 7.77. The SMILES string of the molecule is Cc1cc(N)nc(-c2ccc3c(N4C[C@H]5CC[C@](C=C(F)F)(C4)NC5)nc(OCC45CCCN4C[C@H](F)C5)nc3c2F)c1C(F)(F)F. The van der Waals surface area contributed by atoms with E-state index in [1.165, 1.54) is 19.1 Å². The average Bonchev–Trinajstić information content (AvgIpc) is 3.37. The van der Waals surface area contributed by atoms with Gasteiger partial charge in [0.05, 0.1) is 22.3 Å². The fourth-order valence-electron chi connectivity index (χ4n) is 8.06. The predicted molar refractivity (Wildman–Crippen MR) is 161 cm³/mol. The highest BCUT2D eigenvalue weighted by Crippen LogP contribution is 2.44. The van der Waals surface area contributed by atoms with Crippen molar-refractivity contribution in [2.45, 2.75) is 62.5 Å². The number of nitrogens with one attached hydrogen (secondary N) is 1. The van der Waals surface area contributed by atoms with E-state index >= 15 is 4.39 Å². The Morgan fingerprint density at radius 2 is 1.98 bits per heavy atom. The number of hydrogen-bond acceptors (Lipinski definition) is 8. The Labute approximate surface area is 266 Å². The van der Waals surface area contributed by atoms with Gasteiger partial charge in [-0.25, -0.2) is 13.8 Å². The first-order chi connectivity index (χ1) is 22.3. The smallest absolute Gasteiger partial charge is 0.418 e. The number of aryl methyl sites for hydroxylation is 1. The molecule has 252 valence electrons. The standard InChI is InChI=1S/C32H34F7N7O/c1-17-9-23(40)42-26(24(17)32(37,38)39)20-3-4-21-27(25(20)36)43-29(47-16-31-6-2-8-46(31)14-19(33)10-31)44-28(21)45-13-18-5-7-30(15-45,41-12-18)11-22(34)35/h3-4,9,11,18-19,41H,2,5-8,10,12-16H2,1H3,(H2,40,42)/t18-,19+,30-,31?/m0/s1. The molecule has 0 aliphatic carbocycles. The van der Waals surface area contributed by atoms with E-state index < -0.39 is 52.1 Å². The van der Waals surface area contributed by atoms with Gasteiger partial charge in [0, 0.05) is 49.6 Å². The second kappa shape index (κ2) is 11.5. The first kappa shape index (κ1) is 31.9. The summed E-state index contributed by atoms with van der Waals surface area (Å²) in [6.45, 7) is 3.20. The normalized spacial score (nSPS) is 27.7. The lowest BCUT2D eigenvalue weighted by Gasteiger charge is -2.35. The van der Waals surface area contributed by atoms with Crippen molar-refractivity contribution in [2.75, 3.05) is 50.0 Å². The minimum atomic E-state index is -4.86. The lowest BCUT2D eigenvalue weighted by atomic mass is 9.86. The summed E-state index contributed by atoms with van der Waals surface area (Å²) in [5.41, 5.74) is 1.34. The Hall–Kier alpha value is -3.72. The Morgan fingerprint density at radius 3 is 2.70 bits per heavy atom. The van der Waals surface area contributed by atoms with Crippen LogP contribution in [0.1, 0.15) is 43.2 Å². The zero-order valence-electron chi connectivity index (χ0n) is 25.6. The largest absolute Gasteiger partial charge is 0.461 e. The Balaban J connectivity index is 1.37. The topological polar surface area (TPSA) is 92.4 Å². The number of nitrogen functional groups attached to an aromatic ring is 1. The van der Waals surface area contributed by atoms with Crippen molar-refractivity contribution in [3.05, 3.63) is 47.3 Å². The molecule has 1 unspecified atom stereocenters. The Morgan fingerprint density at radius 1 is 1.17 bits per heavy atom. The van der Waals surface area contributed by atoms with Gasteiger partial charge in [-0.3, -0.25) is 4.90 Å². The molecule has 3 aromatic rings. The fourth-order valence-corrected chi connectivity index (χ4v) is 8.06. The molecule has 47 heavy (non-hydrogen) atoms. The van der Waals surface area contributed by atoms with Crippen molar-refractivity contribution in [1.82, 2.24) is 25.2 Å². The predicted octanol–water partition coefficient (Wildman–Crippen LogP) is 6.03. The molecule has 5 aliphatic heterocycles. The van der Waals surface area contributed by atoms with Gasteiger partial charge in [-0.05, 0) is 68.8 Å². The van der Waals surface area contributed by atoms with E-state index in [1.807, 2.05) is 4.90 Å². The van der Waals surface area contributed by atoms with E-state index in [0.717, 1.165) is 18.6 Å². The molecule has 0 spiro atoms. The molecule has 1 aromatic carbocycles. The van der Waals surface area contributed by atoms with Gasteiger partial charge in [0.25, 0.3) is 6.08 Å². The van der Waals surface area contributed by atoms with Crippen molar-refractivity contribution in [3.63, 3.8) is 0 Å². The van der Waals surface area contributed by atoms with Crippen LogP contribution in [0.25, 0.3) is 22.2 Å². The zero-order chi connectivity index (χ0) is 33.3. The number of rotatable bonds is 6. The van der Waals surface area contributed by atoms with Crippen LogP contribution in [0.4, 0.5) is 42.4 Å². The lowest BCUT2D eigenvalue weighted by molar-refractivity contribution is -0.137. The summed E-state index contributed by atoms with van der Waals surface area (Å²) in [4.78, 5) is 16.7. The van der Waals surface area contributed by atoms with Crippen LogP contribution in [0.15, 0.2) is 30.4 Å². The number of aromatic nitrogens is 3. The number of pyridine rings is 1. The maximum absolute atomic E-state index is 16.6. The number of anilines is 2. The minimum Gasteiger partial charge on any atom is -0.461 e. The van der Waals surface area contributed by atoms with Gasteiger partial charge in [-0.15, -0.1) is 0 Å². The van der Waals surface area contributed by atoms with Crippen molar-refractivity contribution >= 4 is 22.5 Å². The van der Waals surface area contributed by atoms with Crippen molar-refractivity contribution in [3.8, 4) is 17.3 Å². The highest BCUT2D eigenvalue weighted by atomic mass is 19.4. The highest BCUT2D eigenvalue weighted by Gasteiger charge is 2.49. The van der Waals surface area contributed by atoms with E-state index in [1.54, 1.807) is 4.90 Å². The molecule has 0 saturated carbocycles. The monoisotopic (exact) mass is 665 g/mol. The fraction of sp³-hybridized carbons (Fsp3) is 0.531. The maximum Gasteiger partial charge on any atom is 0.418 e. The minimum absolute atomic E-state index is 0.0256. The van der Waals surface area contributed by atoms with Crippen LogP contribution in [-0.2, 0) is 6.18 Å². The van der Waals surface area contributed by atoms with E-state index in [-0.39, 0.29) is 66.1 Å². The summed E-state index contributed by atoms with van der Waals surface area (Å²) in [5, 5.41) is 3.40. The summed E-state index contributed by atoms with van der Waals surface area (Å²) in [5.74, 6) is -1.04. The van der Waals surface area contributed by atoms with Crippen molar-refractivity contribution in [1.29, 1.82) is 0 Å². The van der Waals surface area contributed by atoms with E-state index in [2.05, 4.69) is 20.3 Å². The third-order valence-electron chi connectivity index (χ3n) is 10.1. The second-order valence-corrected chi connectivity index (χ2v) is 13.4. The average molecular weight is 666 g/mol. The van der Waals surface area contributed by atoms with Gasteiger partial charge in [-0.1, -0.05) is 0 Å². The Bertz CT molecular complexity index is 1740. The first-order valence-corrected chi connectivity index (χ1v) is 15.7. The van der Waals surface area contributed by atoms with E-state index in [9.17, 15) is 26.3 Å². The molecule has 2 bridgehead atoms. The lowest BCUT2D eigenvalue weighted by Crippen LogP contribution is -2.52. The van der Waals surface area contributed by atoms with Gasteiger partial charge in [-0.2, -0.15) is 31.9 Å². The molecule has 7 heterocycles. The molecular formula is C32H34F7N7O. The van der Waals surface area contributed by atoms with Gasteiger partial charge >= 0.3 is 12.2 Å². The van der Waals surface area contributed by atoms with Crippen LogP contribution >= 0.6 is 0 Å². The number of piperidine rings is 1. The molecule has 8 nitrogen and oxygen atoms in total. The third kappa shape index (κ3) is 5.74. The maximum atomic E-state index is 16.6. The summed E-state index contributed by atoms with van der Waals surface area (Å²) in [6.07, 6.45) is -3.90. The van der Waals surface area contributed by atoms with Gasteiger partial charge in [0.2, 0.25) is 0 Å². The highest BCUT2D eigenvalue weighted by molar-refractivity contribution is 5.93. The van der Waals surface area contributed by atoms with Crippen LogP contribution < -0.4 is 20.7 Å².